The lowest BCUT2D eigenvalue weighted by atomic mass is 10.1. The molecule has 1 saturated heterocycles. The van der Waals surface area contributed by atoms with Crippen LogP contribution in [0.2, 0.25) is 0 Å². The fourth-order valence-corrected chi connectivity index (χ4v) is 2.30. The lowest BCUT2D eigenvalue weighted by Crippen LogP contribution is -2.50. The number of rotatable bonds is 3. The SMILES string of the molecule is COC(=O)C1COCCN1c1ccc([N+](=O)[O-])cc1C. The molecule has 20 heavy (non-hydrogen) atoms. The van der Waals surface area contributed by atoms with Gasteiger partial charge < -0.3 is 14.4 Å². The fourth-order valence-electron chi connectivity index (χ4n) is 2.30. The van der Waals surface area contributed by atoms with Crippen LogP contribution in [0.5, 0.6) is 0 Å². The lowest BCUT2D eigenvalue weighted by molar-refractivity contribution is -0.384. The molecule has 0 spiro atoms. The van der Waals surface area contributed by atoms with Crippen molar-refractivity contribution in [1.29, 1.82) is 0 Å². The van der Waals surface area contributed by atoms with Crippen LogP contribution in [0, 0.1) is 17.0 Å². The van der Waals surface area contributed by atoms with Gasteiger partial charge in [-0.3, -0.25) is 10.1 Å². The molecule has 0 amide bonds. The number of morpholine rings is 1. The van der Waals surface area contributed by atoms with Crippen molar-refractivity contribution in [2.75, 3.05) is 31.8 Å². The van der Waals surface area contributed by atoms with Crippen molar-refractivity contribution in [1.82, 2.24) is 0 Å². The first kappa shape index (κ1) is 14.3. The summed E-state index contributed by atoms with van der Waals surface area (Å²) in [5.41, 5.74) is 1.57. The van der Waals surface area contributed by atoms with Crippen LogP contribution in [0.25, 0.3) is 0 Å². The smallest absolute Gasteiger partial charge is 0.330 e. The van der Waals surface area contributed by atoms with Gasteiger partial charge in [0.05, 0.1) is 25.2 Å². The van der Waals surface area contributed by atoms with E-state index in [4.69, 9.17) is 9.47 Å². The molecule has 1 atom stereocenters. The van der Waals surface area contributed by atoms with Crippen LogP contribution in [-0.2, 0) is 14.3 Å². The third kappa shape index (κ3) is 2.72. The highest BCUT2D eigenvalue weighted by molar-refractivity contribution is 5.81. The second-order valence-corrected chi connectivity index (χ2v) is 4.54. The molecule has 2 rings (SSSR count). The van der Waals surface area contributed by atoms with Gasteiger partial charge in [-0.05, 0) is 18.6 Å². The molecule has 7 heteroatoms. The van der Waals surface area contributed by atoms with Gasteiger partial charge in [-0.2, -0.15) is 0 Å². The number of anilines is 1. The Morgan fingerprint density at radius 1 is 1.55 bits per heavy atom. The van der Waals surface area contributed by atoms with Crippen molar-refractivity contribution < 1.29 is 19.2 Å². The van der Waals surface area contributed by atoms with E-state index in [1.54, 1.807) is 13.0 Å². The van der Waals surface area contributed by atoms with Crippen molar-refractivity contribution in [3.63, 3.8) is 0 Å². The van der Waals surface area contributed by atoms with E-state index in [9.17, 15) is 14.9 Å². The number of ether oxygens (including phenoxy) is 2. The topological polar surface area (TPSA) is 81.9 Å². The summed E-state index contributed by atoms with van der Waals surface area (Å²) in [6, 6.07) is 4.08. The van der Waals surface area contributed by atoms with Crippen LogP contribution >= 0.6 is 0 Å². The average Bonchev–Trinajstić information content (AvgIpc) is 2.46. The number of carbonyl (C=O) groups is 1. The molecule has 0 saturated carbocycles. The standard InChI is InChI=1S/C13H16N2O5/c1-9-7-10(15(17)18)3-4-11(9)14-5-6-20-8-12(14)13(16)19-2/h3-4,7,12H,5-6,8H2,1-2H3. The Kier molecular flexibility index (Phi) is 4.19. The summed E-state index contributed by atoms with van der Waals surface area (Å²) >= 11 is 0. The number of non-ortho nitro benzene ring substituents is 1. The maximum Gasteiger partial charge on any atom is 0.330 e. The van der Waals surface area contributed by atoms with Crippen LogP contribution in [0.4, 0.5) is 11.4 Å². The summed E-state index contributed by atoms with van der Waals surface area (Å²) < 4.78 is 10.1. The first-order valence-corrected chi connectivity index (χ1v) is 6.22. The summed E-state index contributed by atoms with van der Waals surface area (Å²) in [7, 11) is 1.33. The highest BCUT2D eigenvalue weighted by atomic mass is 16.6. The van der Waals surface area contributed by atoms with E-state index in [1.807, 2.05) is 4.90 Å². The maximum atomic E-state index is 11.8. The van der Waals surface area contributed by atoms with E-state index < -0.39 is 11.0 Å². The molecule has 0 radical (unpaired) electrons. The minimum absolute atomic E-state index is 0.0362. The van der Waals surface area contributed by atoms with Crippen molar-refractivity contribution in [2.45, 2.75) is 13.0 Å². The number of hydrogen-bond donors (Lipinski definition) is 0. The zero-order valence-electron chi connectivity index (χ0n) is 11.4. The first-order valence-electron chi connectivity index (χ1n) is 6.22. The molecule has 1 aromatic carbocycles. The second-order valence-electron chi connectivity index (χ2n) is 4.54. The van der Waals surface area contributed by atoms with Gasteiger partial charge in [-0.25, -0.2) is 4.79 Å². The van der Waals surface area contributed by atoms with Crippen LogP contribution in [-0.4, -0.2) is 43.8 Å². The lowest BCUT2D eigenvalue weighted by Gasteiger charge is -2.36. The van der Waals surface area contributed by atoms with Crippen LogP contribution in [0.1, 0.15) is 5.56 Å². The second kappa shape index (κ2) is 5.87. The van der Waals surface area contributed by atoms with E-state index in [0.29, 0.717) is 13.2 Å². The summed E-state index contributed by atoms with van der Waals surface area (Å²) in [5, 5.41) is 10.8. The van der Waals surface area contributed by atoms with E-state index >= 15 is 0 Å². The maximum absolute atomic E-state index is 11.8. The summed E-state index contributed by atoms with van der Waals surface area (Å²) in [5.74, 6) is -0.373. The largest absolute Gasteiger partial charge is 0.467 e. The fraction of sp³-hybridized carbons (Fsp3) is 0.462. The van der Waals surface area contributed by atoms with Gasteiger partial charge in [0, 0.05) is 24.4 Å². The highest BCUT2D eigenvalue weighted by Crippen LogP contribution is 2.27. The Morgan fingerprint density at radius 2 is 2.30 bits per heavy atom. The Labute approximate surface area is 116 Å². The van der Waals surface area contributed by atoms with E-state index in [1.165, 1.54) is 19.2 Å². The van der Waals surface area contributed by atoms with Crippen molar-refractivity contribution in [3.05, 3.63) is 33.9 Å². The molecule has 0 aliphatic carbocycles. The molecule has 0 aromatic heterocycles. The predicted molar refractivity (Wildman–Crippen MR) is 71.8 cm³/mol. The zero-order valence-corrected chi connectivity index (χ0v) is 11.4. The van der Waals surface area contributed by atoms with Gasteiger partial charge in [0.2, 0.25) is 0 Å². The Morgan fingerprint density at radius 3 is 2.90 bits per heavy atom. The third-order valence-corrected chi connectivity index (χ3v) is 3.30. The summed E-state index contributed by atoms with van der Waals surface area (Å²) in [6.45, 7) is 3.08. The van der Waals surface area contributed by atoms with E-state index in [-0.39, 0.29) is 18.3 Å². The molecule has 1 aliphatic rings. The molecule has 1 aromatic rings. The molecule has 1 aliphatic heterocycles. The van der Waals surface area contributed by atoms with E-state index in [2.05, 4.69) is 0 Å². The normalized spacial score (nSPS) is 18.7. The quantitative estimate of drug-likeness (QED) is 0.471. The van der Waals surface area contributed by atoms with Crippen LogP contribution in [0.15, 0.2) is 18.2 Å². The minimum atomic E-state index is -0.520. The van der Waals surface area contributed by atoms with Gasteiger partial charge in [0.15, 0.2) is 6.04 Å². The molecule has 1 heterocycles. The van der Waals surface area contributed by atoms with Crippen molar-refractivity contribution in [2.24, 2.45) is 0 Å². The summed E-state index contributed by atoms with van der Waals surface area (Å²) in [4.78, 5) is 24.0. The molecule has 1 fully saturated rings. The predicted octanol–water partition coefficient (Wildman–Crippen LogP) is 1.28. The van der Waals surface area contributed by atoms with E-state index in [0.717, 1.165) is 11.3 Å². The molecule has 108 valence electrons. The molecule has 1 unspecified atom stereocenters. The molecular weight excluding hydrogens is 264 g/mol. The number of nitro benzene ring substituents is 1. The number of nitro groups is 1. The van der Waals surface area contributed by atoms with Gasteiger partial charge in [-0.15, -0.1) is 0 Å². The summed E-state index contributed by atoms with van der Waals surface area (Å²) in [6.07, 6.45) is 0. The van der Waals surface area contributed by atoms with Crippen molar-refractivity contribution >= 4 is 17.3 Å². The monoisotopic (exact) mass is 280 g/mol. The number of esters is 1. The number of aryl methyl sites for hydroxylation is 1. The molecule has 0 N–H and O–H groups in total. The number of hydrogen-bond acceptors (Lipinski definition) is 6. The van der Waals surface area contributed by atoms with Gasteiger partial charge >= 0.3 is 5.97 Å². The Balaban J connectivity index is 2.32. The zero-order chi connectivity index (χ0) is 14.7. The van der Waals surface area contributed by atoms with Gasteiger partial charge in [0.1, 0.15) is 0 Å². The number of carbonyl (C=O) groups excluding carboxylic acids is 1. The Bertz CT molecular complexity index is 531. The third-order valence-electron chi connectivity index (χ3n) is 3.30. The number of benzene rings is 1. The first-order chi connectivity index (χ1) is 9.54. The average molecular weight is 280 g/mol. The Hall–Kier alpha value is -2.15. The molecular formula is C13H16N2O5. The molecule has 0 bridgehead atoms. The van der Waals surface area contributed by atoms with Gasteiger partial charge in [-0.1, -0.05) is 0 Å². The minimum Gasteiger partial charge on any atom is -0.467 e. The highest BCUT2D eigenvalue weighted by Gasteiger charge is 2.31. The van der Waals surface area contributed by atoms with Crippen LogP contribution in [0.3, 0.4) is 0 Å². The molecule has 7 nitrogen and oxygen atoms in total. The van der Waals surface area contributed by atoms with Gasteiger partial charge in [0.25, 0.3) is 5.69 Å². The van der Waals surface area contributed by atoms with Crippen molar-refractivity contribution in [3.8, 4) is 0 Å². The van der Waals surface area contributed by atoms with Crippen LogP contribution < -0.4 is 4.90 Å². The number of methoxy groups -OCH3 is 1. The number of nitrogens with zero attached hydrogens (tertiary/aromatic N) is 2.